The highest BCUT2D eigenvalue weighted by Gasteiger charge is 2.22. The molecular formula is C21H23N5O3S. The maximum Gasteiger partial charge on any atom is 0.246 e. The minimum atomic E-state index is 0.0108. The van der Waals surface area contributed by atoms with Gasteiger partial charge in [0.25, 0.3) is 0 Å². The van der Waals surface area contributed by atoms with Crippen LogP contribution in [0.2, 0.25) is 0 Å². The smallest absolute Gasteiger partial charge is 0.246 e. The van der Waals surface area contributed by atoms with Gasteiger partial charge in [0.1, 0.15) is 5.82 Å². The fourth-order valence-electron chi connectivity index (χ4n) is 3.38. The molecule has 0 atom stereocenters. The fraction of sp³-hybridized carbons (Fsp3) is 0.286. The van der Waals surface area contributed by atoms with Crippen LogP contribution in [-0.2, 0) is 4.79 Å². The highest BCUT2D eigenvalue weighted by Crippen LogP contribution is 2.34. The summed E-state index contributed by atoms with van der Waals surface area (Å²) in [6, 6.07) is 5.56. The van der Waals surface area contributed by atoms with E-state index in [0.29, 0.717) is 60.3 Å². The summed E-state index contributed by atoms with van der Waals surface area (Å²) >= 11 is 1.61. The van der Waals surface area contributed by atoms with Crippen LogP contribution in [0.15, 0.2) is 35.0 Å². The minimum absolute atomic E-state index is 0.0108. The number of ether oxygens (including phenoxy) is 2. The monoisotopic (exact) mass is 425 g/mol. The number of hydrogen-bond acceptors (Lipinski definition) is 8. The number of nitrogens with zero attached hydrogens (tertiary/aromatic N) is 4. The molecule has 3 aromatic rings. The lowest BCUT2D eigenvalue weighted by Gasteiger charge is -2.34. The molecule has 1 fully saturated rings. The first-order valence-corrected chi connectivity index (χ1v) is 10.5. The predicted molar refractivity (Wildman–Crippen MR) is 119 cm³/mol. The molecule has 0 spiro atoms. The van der Waals surface area contributed by atoms with Crippen molar-refractivity contribution in [3.63, 3.8) is 0 Å². The molecule has 156 valence electrons. The molecule has 0 saturated carbocycles. The van der Waals surface area contributed by atoms with Crippen molar-refractivity contribution in [3.05, 3.63) is 40.6 Å². The summed E-state index contributed by atoms with van der Waals surface area (Å²) < 4.78 is 10.7. The van der Waals surface area contributed by atoms with Crippen molar-refractivity contribution in [2.24, 2.45) is 0 Å². The molecule has 9 heteroatoms. The second kappa shape index (κ2) is 8.58. The van der Waals surface area contributed by atoms with Gasteiger partial charge >= 0.3 is 0 Å². The third kappa shape index (κ3) is 4.02. The second-order valence-corrected chi connectivity index (χ2v) is 7.62. The zero-order chi connectivity index (χ0) is 21.1. The molecular weight excluding hydrogens is 402 g/mol. The van der Waals surface area contributed by atoms with Gasteiger partial charge in [0.05, 0.1) is 19.7 Å². The molecule has 2 aromatic heterocycles. The predicted octanol–water partition coefficient (Wildman–Crippen LogP) is 2.65. The number of amides is 1. The molecule has 0 radical (unpaired) electrons. The second-order valence-electron chi connectivity index (χ2n) is 6.84. The Morgan fingerprint density at radius 2 is 1.87 bits per heavy atom. The van der Waals surface area contributed by atoms with Crippen molar-refractivity contribution in [3.8, 4) is 11.5 Å². The number of thiophene rings is 1. The molecule has 1 aliphatic rings. The Labute approximate surface area is 178 Å². The largest absolute Gasteiger partial charge is 0.493 e. The molecule has 0 unspecified atom stereocenters. The number of nitrogens with two attached hydrogens (primary N) is 1. The van der Waals surface area contributed by atoms with Gasteiger partial charge in [0, 0.05) is 43.7 Å². The van der Waals surface area contributed by atoms with Gasteiger partial charge in [-0.3, -0.25) is 4.79 Å². The summed E-state index contributed by atoms with van der Waals surface area (Å²) in [5.41, 5.74) is 7.92. The van der Waals surface area contributed by atoms with Crippen molar-refractivity contribution in [1.82, 2.24) is 14.9 Å². The maximum atomic E-state index is 12.4. The van der Waals surface area contributed by atoms with Crippen molar-refractivity contribution < 1.29 is 14.3 Å². The van der Waals surface area contributed by atoms with E-state index in [2.05, 4.69) is 9.97 Å². The standard InChI is InChI=1S/C21H23N5O3S/c1-28-17-11-15-16(12-18(17)29-2)23-21(24-20(15)22)26-8-6-25(7-9-26)19(27)4-3-14-5-10-30-13-14/h3-5,10-13H,6-9H2,1-2H3,(H2,22,23,24). The summed E-state index contributed by atoms with van der Waals surface area (Å²) in [5, 5.41) is 4.71. The number of piperazine rings is 1. The number of aromatic nitrogens is 2. The van der Waals surface area contributed by atoms with Gasteiger partial charge in [-0.25, -0.2) is 4.98 Å². The van der Waals surface area contributed by atoms with E-state index in [0.717, 1.165) is 5.56 Å². The van der Waals surface area contributed by atoms with Crippen LogP contribution in [0, 0.1) is 0 Å². The number of rotatable bonds is 5. The minimum Gasteiger partial charge on any atom is -0.493 e. The number of anilines is 2. The number of carbonyl (C=O) groups is 1. The summed E-state index contributed by atoms with van der Waals surface area (Å²) in [7, 11) is 3.16. The summed E-state index contributed by atoms with van der Waals surface area (Å²) in [4.78, 5) is 25.5. The molecule has 1 aromatic carbocycles. The van der Waals surface area contributed by atoms with E-state index in [1.807, 2.05) is 32.7 Å². The Balaban J connectivity index is 1.48. The van der Waals surface area contributed by atoms with Gasteiger partial charge < -0.3 is 25.0 Å². The topological polar surface area (TPSA) is 93.8 Å². The van der Waals surface area contributed by atoms with Crippen LogP contribution in [-0.4, -0.2) is 61.2 Å². The quantitative estimate of drug-likeness (QED) is 0.628. The molecule has 1 amide bonds. The first-order chi connectivity index (χ1) is 14.6. The molecule has 0 bridgehead atoms. The van der Waals surface area contributed by atoms with E-state index >= 15 is 0 Å². The van der Waals surface area contributed by atoms with Crippen LogP contribution in [0.1, 0.15) is 5.56 Å². The van der Waals surface area contributed by atoms with Gasteiger partial charge in [-0.15, -0.1) is 0 Å². The number of benzene rings is 1. The summed E-state index contributed by atoms with van der Waals surface area (Å²) in [6.07, 6.45) is 3.47. The van der Waals surface area contributed by atoms with E-state index in [9.17, 15) is 4.79 Å². The normalized spacial score (nSPS) is 14.5. The zero-order valence-corrected chi connectivity index (χ0v) is 17.7. The third-order valence-corrected chi connectivity index (χ3v) is 5.76. The van der Waals surface area contributed by atoms with Gasteiger partial charge in [-0.1, -0.05) is 0 Å². The van der Waals surface area contributed by atoms with E-state index < -0.39 is 0 Å². The highest BCUT2D eigenvalue weighted by molar-refractivity contribution is 7.08. The Kier molecular flexibility index (Phi) is 5.71. The highest BCUT2D eigenvalue weighted by atomic mass is 32.1. The van der Waals surface area contributed by atoms with Gasteiger partial charge in [0.15, 0.2) is 11.5 Å². The van der Waals surface area contributed by atoms with Crippen molar-refractivity contribution in [2.75, 3.05) is 51.0 Å². The Morgan fingerprint density at radius 1 is 1.13 bits per heavy atom. The molecule has 1 aliphatic heterocycles. The molecule has 4 rings (SSSR count). The van der Waals surface area contributed by atoms with Crippen LogP contribution < -0.4 is 20.1 Å². The van der Waals surface area contributed by atoms with Crippen molar-refractivity contribution in [1.29, 1.82) is 0 Å². The Hall–Kier alpha value is -3.33. The van der Waals surface area contributed by atoms with Crippen molar-refractivity contribution in [2.45, 2.75) is 0 Å². The lowest BCUT2D eigenvalue weighted by molar-refractivity contribution is -0.126. The molecule has 3 heterocycles. The number of carbonyl (C=O) groups excluding carboxylic acids is 1. The first-order valence-electron chi connectivity index (χ1n) is 9.52. The molecule has 8 nitrogen and oxygen atoms in total. The SMILES string of the molecule is COc1cc2nc(N3CCN(C(=O)C=Cc4ccsc4)CC3)nc(N)c2cc1OC. The van der Waals surface area contributed by atoms with Crippen LogP contribution in [0.25, 0.3) is 17.0 Å². The van der Waals surface area contributed by atoms with E-state index in [4.69, 9.17) is 15.2 Å². The fourth-order valence-corrected chi connectivity index (χ4v) is 4.01. The van der Waals surface area contributed by atoms with E-state index in [1.165, 1.54) is 0 Å². The van der Waals surface area contributed by atoms with Crippen LogP contribution in [0.5, 0.6) is 11.5 Å². The van der Waals surface area contributed by atoms with Gasteiger partial charge in [-0.2, -0.15) is 16.3 Å². The lowest BCUT2D eigenvalue weighted by Crippen LogP contribution is -2.48. The molecule has 1 saturated heterocycles. The Bertz CT molecular complexity index is 1080. The van der Waals surface area contributed by atoms with Crippen LogP contribution in [0.3, 0.4) is 0 Å². The van der Waals surface area contributed by atoms with Gasteiger partial charge in [0.2, 0.25) is 11.9 Å². The average Bonchev–Trinajstić information content (AvgIpc) is 3.30. The Morgan fingerprint density at radius 3 is 2.53 bits per heavy atom. The number of nitrogen functional groups attached to an aromatic ring is 1. The lowest BCUT2D eigenvalue weighted by atomic mass is 10.2. The van der Waals surface area contributed by atoms with Crippen molar-refractivity contribution >= 4 is 46.0 Å². The first kappa shape index (κ1) is 20.0. The van der Waals surface area contributed by atoms with Gasteiger partial charge in [-0.05, 0) is 34.5 Å². The number of methoxy groups -OCH3 is 2. The number of fused-ring (bicyclic) bond motifs is 1. The van der Waals surface area contributed by atoms with E-state index in [-0.39, 0.29) is 5.91 Å². The average molecular weight is 426 g/mol. The molecule has 0 aliphatic carbocycles. The van der Waals surface area contributed by atoms with Crippen LogP contribution in [0.4, 0.5) is 11.8 Å². The third-order valence-electron chi connectivity index (χ3n) is 5.05. The molecule has 2 N–H and O–H groups in total. The summed E-state index contributed by atoms with van der Waals surface area (Å²) in [6.45, 7) is 2.46. The van der Waals surface area contributed by atoms with E-state index in [1.54, 1.807) is 43.8 Å². The summed E-state index contributed by atoms with van der Waals surface area (Å²) in [5.74, 6) is 2.11. The number of hydrogen-bond donors (Lipinski definition) is 1. The maximum absolute atomic E-state index is 12.4. The van der Waals surface area contributed by atoms with Crippen LogP contribution >= 0.6 is 11.3 Å². The zero-order valence-electron chi connectivity index (χ0n) is 16.9. The molecule has 30 heavy (non-hydrogen) atoms.